The highest BCUT2D eigenvalue weighted by atomic mass is 16.5. The molecule has 0 atom stereocenters. The molecule has 1 N–H and O–H groups in total. The molecule has 1 rings (SSSR count). The maximum Gasteiger partial charge on any atom is 0.326 e. The van der Waals surface area contributed by atoms with Gasteiger partial charge in [0.05, 0.1) is 6.61 Å². The zero-order chi connectivity index (χ0) is 15.4. The first kappa shape index (κ1) is 17.5. The lowest BCUT2D eigenvalue weighted by atomic mass is 9.65. The molecule has 0 heterocycles. The van der Waals surface area contributed by atoms with E-state index in [2.05, 4.69) is 39.9 Å². The molecule has 3 nitrogen and oxygen atoms in total. The lowest BCUT2D eigenvalue weighted by Crippen LogP contribution is -2.57. The second-order valence-corrected chi connectivity index (χ2v) is 7.22. The van der Waals surface area contributed by atoms with Crippen LogP contribution in [0.4, 0.5) is 0 Å². The summed E-state index contributed by atoms with van der Waals surface area (Å²) < 4.78 is 5.33. The predicted octanol–water partition coefficient (Wildman–Crippen LogP) is 3.91. The standard InChI is InChI=1S/C17H33NO2/c1-7-16(5,6)14-9-11-17(12-10-14,18-13(3)4)15(19)20-8-2/h13-14,18H,7-12H2,1-6H3. The van der Waals surface area contributed by atoms with E-state index in [0.717, 1.165) is 25.7 Å². The fourth-order valence-corrected chi connectivity index (χ4v) is 3.41. The third-order valence-electron chi connectivity index (χ3n) is 5.09. The van der Waals surface area contributed by atoms with E-state index in [1.165, 1.54) is 6.42 Å². The smallest absolute Gasteiger partial charge is 0.326 e. The van der Waals surface area contributed by atoms with Gasteiger partial charge in [-0.25, -0.2) is 0 Å². The number of rotatable bonds is 6. The van der Waals surface area contributed by atoms with E-state index in [1.54, 1.807) is 0 Å². The summed E-state index contributed by atoms with van der Waals surface area (Å²) in [5.74, 6) is 0.658. The van der Waals surface area contributed by atoms with Crippen LogP contribution >= 0.6 is 0 Å². The Morgan fingerprint density at radius 2 is 1.85 bits per heavy atom. The van der Waals surface area contributed by atoms with Crippen molar-refractivity contribution in [3.05, 3.63) is 0 Å². The lowest BCUT2D eigenvalue weighted by molar-refractivity contribution is -0.154. The average Bonchev–Trinajstić information content (AvgIpc) is 2.38. The summed E-state index contributed by atoms with van der Waals surface area (Å²) in [6.07, 6.45) is 5.22. The molecule has 3 heteroatoms. The molecule has 0 amide bonds. The first-order valence-electron chi connectivity index (χ1n) is 8.22. The van der Waals surface area contributed by atoms with Gasteiger partial charge < -0.3 is 4.74 Å². The van der Waals surface area contributed by atoms with Gasteiger partial charge in [-0.3, -0.25) is 10.1 Å². The van der Waals surface area contributed by atoms with Crippen LogP contribution in [0.25, 0.3) is 0 Å². The van der Waals surface area contributed by atoms with Gasteiger partial charge in [-0.15, -0.1) is 0 Å². The predicted molar refractivity (Wildman–Crippen MR) is 83.7 cm³/mol. The Labute approximate surface area is 124 Å². The second kappa shape index (κ2) is 6.93. The van der Waals surface area contributed by atoms with Gasteiger partial charge in [-0.1, -0.05) is 27.2 Å². The van der Waals surface area contributed by atoms with Crippen molar-refractivity contribution in [1.29, 1.82) is 0 Å². The molecule has 0 aromatic rings. The topological polar surface area (TPSA) is 38.3 Å². The molecule has 0 radical (unpaired) electrons. The van der Waals surface area contributed by atoms with Gasteiger partial charge in [0.25, 0.3) is 0 Å². The van der Waals surface area contributed by atoms with Gasteiger partial charge >= 0.3 is 5.97 Å². The SMILES string of the molecule is CCOC(=O)C1(NC(C)C)CCC(C(C)(C)CC)CC1. The van der Waals surface area contributed by atoms with Crippen molar-refractivity contribution in [2.45, 2.75) is 85.2 Å². The second-order valence-electron chi connectivity index (χ2n) is 7.22. The zero-order valence-electron chi connectivity index (χ0n) is 14.2. The maximum atomic E-state index is 12.4. The van der Waals surface area contributed by atoms with Crippen LogP contribution in [0.3, 0.4) is 0 Å². The Morgan fingerprint density at radius 3 is 2.25 bits per heavy atom. The average molecular weight is 283 g/mol. The molecule has 0 saturated heterocycles. The molecule has 0 aliphatic heterocycles. The van der Waals surface area contributed by atoms with Gasteiger partial charge in [-0.05, 0) is 57.8 Å². The number of nitrogens with one attached hydrogen (secondary N) is 1. The third-order valence-corrected chi connectivity index (χ3v) is 5.09. The molecular formula is C17H33NO2. The Morgan fingerprint density at radius 1 is 1.30 bits per heavy atom. The van der Waals surface area contributed by atoms with Crippen LogP contribution in [0.5, 0.6) is 0 Å². The molecule has 1 fully saturated rings. The monoisotopic (exact) mass is 283 g/mol. The Bertz CT molecular complexity index is 315. The number of hydrogen-bond acceptors (Lipinski definition) is 3. The van der Waals surface area contributed by atoms with Crippen molar-refractivity contribution >= 4 is 5.97 Å². The summed E-state index contributed by atoms with van der Waals surface area (Å²) in [7, 11) is 0. The van der Waals surface area contributed by atoms with E-state index in [1.807, 2.05) is 6.92 Å². The number of esters is 1. The summed E-state index contributed by atoms with van der Waals surface area (Å²) in [6.45, 7) is 13.5. The Kier molecular flexibility index (Phi) is 6.06. The minimum Gasteiger partial charge on any atom is -0.465 e. The highest BCUT2D eigenvalue weighted by molar-refractivity contribution is 5.81. The van der Waals surface area contributed by atoms with Crippen LogP contribution in [0.2, 0.25) is 0 Å². The summed E-state index contributed by atoms with van der Waals surface area (Å²) in [5, 5.41) is 3.50. The molecule has 1 saturated carbocycles. The first-order chi connectivity index (χ1) is 9.27. The molecular weight excluding hydrogens is 250 g/mol. The van der Waals surface area contributed by atoms with Gasteiger partial charge in [0.2, 0.25) is 0 Å². The molecule has 1 aliphatic carbocycles. The van der Waals surface area contributed by atoms with E-state index >= 15 is 0 Å². The largest absolute Gasteiger partial charge is 0.465 e. The van der Waals surface area contributed by atoms with E-state index < -0.39 is 5.54 Å². The van der Waals surface area contributed by atoms with Gasteiger partial charge in [0.15, 0.2) is 0 Å². The van der Waals surface area contributed by atoms with E-state index in [9.17, 15) is 4.79 Å². The molecule has 0 unspecified atom stereocenters. The molecule has 20 heavy (non-hydrogen) atoms. The Balaban J connectivity index is 2.78. The fraction of sp³-hybridized carbons (Fsp3) is 0.941. The van der Waals surface area contributed by atoms with Crippen molar-refractivity contribution in [1.82, 2.24) is 5.32 Å². The summed E-state index contributed by atoms with van der Waals surface area (Å²) in [6, 6.07) is 0.301. The van der Waals surface area contributed by atoms with E-state index in [4.69, 9.17) is 4.74 Å². The highest BCUT2D eigenvalue weighted by Crippen LogP contribution is 2.43. The first-order valence-corrected chi connectivity index (χ1v) is 8.22. The van der Waals surface area contributed by atoms with Gasteiger partial charge in [0.1, 0.15) is 5.54 Å². The van der Waals surface area contributed by atoms with Gasteiger partial charge in [0, 0.05) is 6.04 Å². The summed E-state index contributed by atoms with van der Waals surface area (Å²) in [4.78, 5) is 12.4. The van der Waals surface area contributed by atoms with Crippen LogP contribution in [0, 0.1) is 11.3 Å². The van der Waals surface area contributed by atoms with Crippen molar-refractivity contribution in [3.63, 3.8) is 0 Å². The minimum absolute atomic E-state index is 0.0542. The number of ether oxygens (including phenoxy) is 1. The molecule has 0 aromatic carbocycles. The van der Waals surface area contributed by atoms with Crippen LogP contribution in [0.15, 0.2) is 0 Å². The van der Waals surface area contributed by atoms with Crippen LogP contribution in [0.1, 0.15) is 73.6 Å². The fourth-order valence-electron chi connectivity index (χ4n) is 3.41. The highest BCUT2D eigenvalue weighted by Gasteiger charge is 2.45. The summed E-state index contributed by atoms with van der Waals surface area (Å²) in [5.41, 5.74) is -0.0802. The minimum atomic E-state index is -0.454. The van der Waals surface area contributed by atoms with E-state index in [0.29, 0.717) is 24.0 Å². The molecule has 1 aliphatic rings. The van der Waals surface area contributed by atoms with Crippen LogP contribution in [-0.4, -0.2) is 24.2 Å². The van der Waals surface area contributed by atoms with Crippen molar-refractivity contribution in [2.24, 2.45) is 11.3 Å². The molecule has 118 valence electrons. The normalized spacial score (nSPS) is 27.6. The number of carbonyl (C=O) groups excluding carboxylic acids is 1. The third kappa shape index (κ3) is 3.97. The van der Waals surface area contributed by atoms with Crippen molar-refractivity contribution < 1.29 is 9.53 Å². The Hall–Kier alpha value is -0.570. The lowest BCUT2D eigenvalue weighted by Gasteiger charge is -2.44. The molecule has 0 aromatic heterocycles. The van der Waals surface area contributed by atoms with E-state index in [-0.39, 0.29) is 5.97 Å². The van der Waals surface area contributed by atoms with Crippen LogP contribution in [-0.2, 0) is 9.53 Å². The van der Waals surface area contributed by atoms with Crippen molar-refractivity contribution in [3.8, 4) is 0 Å². The summed E-state index contributed by atoms with van der Waals surface area (Å²) >= 11 is 0. The molecule has 0 spiro atoms. The van der Waals surface area contributed by atoms with Crippen molar-refractivity contribution in [2.75, 3.05) is 6.61 Å². The quantitative estimate of drug-likeness (QED) is 0.751. The molecule has 0 bridgehead atoms. The zero-order valence-corrected chi connectivity index (χ0v) is 14.2. The maximum absolute atomic E-state index is 12.4. The number of carbonyl (C=O) groups is 1. The van der Waals surface area contributed by atoms with Crippen LogP contribution < -0.4 is 5.32 Å². The number of hydrogen-bond donors (Lipinski definition) is 1. The van der Waals surface area contributed by atoms with Gasteiger partial charge in [-0.2, -0.15) is 0 Å².